The minimum absolute atomic E-state index is 0.0132. The first kappa shape index (κ1) is 16.6. The summed E-state index contributed by atoms with van der Waals surface area (Å²) in [6.07, 6.45) is 5.21. The highest BCUT2D eigenvalue weighted by molar-refractivity contribution is 5.81. The molecule has 4 fully saturated rings. The molecule has 144 valence electrons. The first-order valence-electron chi connectivity index (χ1n) is 10.5. The molecule has 4 bridgehead atoms. The first-order chi connectivity index (χ1) is 12.9. The van der Waals surface area contributed by atoms with Crippen molar-refractivity contribution in [2.75, 3.05) is 20.7 Å². The Morgan fingerprint density at radius 2 is 2.11 bits per heavy atom. The molecule has 4 aliphatic carbocycles. The molecular weight excluding hydrogens is 338 g/mol. The number of fused-ring (bicyclic) bond motifs is 2. The Morgan fingerprint density at radius 3 is 2.85 bits per heavy atom. The van der Waals surface area contributed by atoms with Crippen molar-refractivity contribution in [2.24, 2.45) is 11.3 Å². The zero-order chi connectivity index (χ0) is 18.8. The van der Waals surface area contributed by atoms with E-state index in [2.05, 4.69) is 31.0 Å². The maximum absolute atomic E-state index is 12.8. The number of carbonyl (C=O) groups is 1. The summed E-state index contributed by atoms with van der Waals surface area (Å²) in [5, 5.41) is 0. The van der Waals surface area contributed by atoms with Gasteiger partial charge in [-0.3, -0.25) is 4.79 Å². The van der Waals surface area contributed by atoms with Crippen molar-refractivity contribution in [3.63, 3.8) is 0 Å². The van der Waals surface area contributed by atoms with Crippen molar-refractivity contribution in [1.29, 1.82) is 0 Å². The van der Waals surface area contributed by atoms with Gasteiger partial charge >= 0.3 is 0 Å². The third-order valence-corrected chi connectivity index (χ3v) is 9.34. The molecule has 1 aromatic rings. The van der Waals surface area contributed by atoms with Gasteiger partial charge in [-0.2, -0.15) is 0 Å². The second-order valence-electron chi connectivity index (χ2n) is 9.85. The monoisotopic (exact) mass is 367 g/mol. The smallest absolute Gasteiger partial charge is 0.139 e. The van der Waals surface area contributed by atoms with Crippen LogP contribution in [-0.4, -0.2) is 49.1 Å². The average Bonchev–Trinajstić information content (AvgIpc) is 3.03. The molecule has 1 aromatic carbocycles. The Kier molecular flexibility index (Phi) is 2.93. The molecule has 0 N–H and O–H groups in total. The Bertz CT molecular complexity index is 881. The number of hydrogen-bond donors (Lipinski definition) is 0. The van der Waals surface area contributed by atoms with Crippen LogP contribution >= 0.6 is 0 Å². The third-order valence-electron chi connectivity index (χ3n) is 9.34. The van der Waals surface area contributed by atoms with Gasteiger partial charge in [-0.25, -0.2) is 0 Å². The van der Waals surface area contributed by atoms with Gasteiger partial charge in [0.2, 0.25) is 0 Å². The average molecular weight is 367 g/mol. The van der Waals surface area contributed by atoms with Crippen molar-refractivity contribution in [1.82, 2.24) is 4.90 Å². The normalized spacial score (nSPS) is 46.1. The summed E-state index contributed by atoms with van der Waals surface area (Å²) in [7, 11) is 4.09. The summed E-state index contributed by atoms with van der Waals surface area (Å²) in [5.41, 5.74) is 3.86. The molecule has 2 heterocycles. The molecular formula is C23H29NO3. The largest absolute Gasteiger partial charge is 0.486 e. The van der Waals surface area contributed by atoms with Crippen LogP contribution < -0.4 is 4.74 Å². The molecule has 0 radical (unpaired) electrons. The summed E-state index contributed by atoms with van der Waals surface area (Å²) < 4.78 is 13.1. The van der Waals surface area contributed by atoms with Gasteiger partial charge in [0.05, 0.1) is 5.92 Å². The summed E-state index contributed by atoms with van der Waals surface area (Å²) >= 11 is 0. The molecule has 2 unspecified atom stereocenters. The molecule has 0 aromatic heterocycles. The van der Waals surface area contributed by atoms with Crippen LogP contribution in [0, 0.1) is 18.3 Å². The van der Waals surface area contributed by atoms with Crippen molar-refractivity contribution in [2.45, 2.75) is 69.1 Å². The van der Waals surface area contributed by atoms with Crippen LogP contribution in [0.1, 0.15) is 49.3 Å². The fourth-order valence-corrected chi connectivity index (χ4v) is 8.30. The number of nitrogens with zero attached hydrogens (tertiary/aromatic N) is 1. The van der Waals surface area contributed by atoms with Crippen LogP contribution in [0.15, 0.2) is 12.1 Å². The summed E-state index contributed by atoms with van der Waals surface area (Å²) in [5.74, 6) is 1.32. The highest BCUT2D eigenvalue weighted by Gasteiger charge is 2.80. The van der Waals surface area contributed by atoms with Gasteiger partial charge in [0.1, 0.15) is 23.2 Å². The van der Waals surface area contributed by atoms with E-state index in [9.17, 15) is 4.79 Å². The lowest BCUT2D eigenvalue weighted by atomic mass is 9.34. The number of carbonyl (C=O) groups excluding carboxylic acids is 1. The van der Waals surface area contributed by atoms with Gasteiger partial charge < -0.3 is 14.4 Å². The maximum atomic E-state index is 12.8. The molecule has 3 saturated carbocycles. The van der Waals surface area contributed by atoms with Gasteiger partial charge in [0.25, 0.3) is 0 Å². The number of methoxy groups -OCH3 is 1. The van der Waals surface area contributed by atoms with Crippen molar-refractivity contribution in [3.05, 3.63) is 28.8 Å². The second kappa shape index (κ2) is 4.77. The molecule has 6 atom stereocenters. The highest BCUT2D eigenvalue weighted by Crippen LogP contribution is 2.76. The number of rotatable bonds is 2. The van der Waals surface area contributed by atoms with E-state index in [-0.39, 0.29) is 28.6 Å². The number of hydrogen-bond acceptors (Lipinski definition) is 4. The Balaban J connectivity index is 1.70. The number of likely N-dealkylation sites (tertiary alicyclic amines) is 1. The molecule has 0 amide bonds. The van der Waals surface area contributed by atoms with E-state index in [4.69, 9.17) is 9.47 Å². The quantitative estimate of drug-likeness (QED) is 0.805. The molecule has 27 heavy (non-hydrogen) atoms. The van der Waals surface area contributed by atoms with Gasteiger partial charge in [-0.05, 0) is 70.7 Å². The van der Waals surface area contributed by atoms with E-state index in [1.54, 1.807) is 14.0 Å². The van der Waals surface area contributed by atoms with E-state index in [1.807, 2.05) is 0 Å². The first-order valence-corrected chi connectivity index (χ1v) is 10.5. The molecule has 6 aliphatic rings. The van der Waals surface area contributed by atoms with Crippen LogP contribution in [-0.2, 0) is 21.4 Å². The van der Waals surface area contributed by atoms with Crippen molar-refractivity contribution < 1.29 is 14.3 Å². The zero-order valence-corrected chi connectivity index (χ0v) is 16.8. The summed E-state index contributed by atoms with van der Waals surface area (Å²) in [6, 6.07) is 5.06. The lowest BCUT2D eigenvalue weighted by Gasteiger charge is -2.73. The van der Waals surface area contributed by atoms with E-state index < -0.39 is 5.60 Å². The Morgan fingerprint density at radius 1 is 1.30 bits per heavy atom. The molecule has 4 heteroatoms. The fourth-order valence-electron chi connectivity index (χ4n) is 8.30. The van der Waals surface area contributed by atoms with Crippen LogP contribution in [0.25, 0.3) is 0 Å². The predicted octanol–water partition coefficient (Wildman–Crippen LogP) is 3.03. The number of piperidine rings is 1. The number of likely N-dealkylation sites (N-methyl/N-ethyl adjacent to an activating group) is 1. The number of ether oxygens (including phenoxy) is 2. The zero-order valence-electron chi connectivity index (χ0n) is 16.8. The lowest BCUT2D eigenvalue weighted by molar-refractivity contribution is -0.270. The third kappa shape index (κ3) is 1.50. The minimum atomic E-state index is -0.478. The summed E-state index contributed by atoms with van der Waals surface area (Å²) in [4.78, 5) is 15.4. The van der Waals surface area contributed by atoms with E-state index in [0.717, 1.165) is 44.4 Å². The number of ketones is 1. The van der Waals surface area contributed by atoms with Gasteiger partial charge in [0, 0.05) is 29.5 Å². The predicted molar refractivity (Wildman–Crippen MR) is 102 cm³/mol. The Hall–Kier alpha value is -1.39. The molecule has 7 rings (SSSR count). The number of aryl methyl sites for hydroxylation is 1. The highest BCUT2D eigenvalue weighted by atomic mass is 16.6. The van der Waals surface area contributed by atoms with Gasteiger partial charge in [-0.15, -0.1) is 0 Å². The van der Waals surface area contributed by atoms with Crippen LogP contribution in [0.4, 0.5) is 0 Å². The Labute approximate surface area is 161 Å². The van der Waals surface area contributed by atoms with E-state index >= 15 is 0 Å². The van der Waals surface area contributed by atoms with Crippen molar-refractivity contribution >= 4 is 5.78 Å². The minimum Gasteiger partial charge on any atom is -0.486 e. The van der Waals surface area contributed by atoms with Gasteiger partial charge in [0.15, 0.2) is 0 Å². The topological polar surface area (TPSA) is 38.8 Å². The van der Waals surface area contributed by atoms with Gasteiger partial charge in [-0.1, -0.05) is 12.1 Å². The number of Topliss-reactive ketones (excluding diaryl/α,β-unsaturated/α-hetero) is 1. The molecule has 2 spiro atoms. The molecule has 4 nitrogen and oxygen atoms in total. The molecule has 2 aliphatic heterocycles. The second-order valence-corrected chi connectivity index (χ2v) is 9.85. The lowest BCUT2D eigenvalue weighted by Crippen LogP contribution is -2.81. The standard InChI is InChI=1S/C23H29NO3/c1-13-5-6-15-11-17-21-7-8-23(26-4,16(12-21)14(2)25)20-22(21,9-10-24(17)3)18(15)19(13)27-20/h5-6,16-17,20H,7-12H2,1-4H3/t16-,17?,20+,21+,22?,23+/m0/s1. The van der Waals surface area contributed by atoms with Crippen LogP contribution in [0.5, 0.6) is 5.75 Å². The SMILES string of the molecule is CO[C@]12CC[C@@]3(C[C@H]1C(C)=O)C1Cc4ccc(C)c5c4C3(CCN1C)[C@H]2O5. The van der Waals surface area contributed by atoms with Crippen LogP contribution in [0.2, 0.25) is 0 Å². The van der Waals surface area contributed by atoms with Crippen molar-refractivity contribution in [3.8, 4) is 5.75 Å². The van der Waals surface area contributed by atoms with E-state index in [0.29, 0.717) is 6.04 Å². The maximum Gasteiger partial charge on any atom is 0.139 e. The number of benzene rings is 1. The summed E-state index contributed by atoms with van der Waals surface area (Å²) in [6.45, 7) is 5.03. The van der Waals surface area contributed by atoms with Crippen LogP contribution in [0.3, 0.4) is 0 Å². The molecule has 1 saturated heterocycles. The fraction of sp³-hybridized carbons (Fsp3) is 0.696. The van der Waals surface area contributed by atoms with E-state index in [1.165, 1.54) is 16.7 Å².